The molecule has 2 amide bonds. The minimum absolute atomic E-state index is 0.0213. The maximum absolute atomic E-state index is 12.2. The number of para-hydroxylation sites is 2. The molecule has 2 aliphatic heterocycles. The van der Waals surface area contributed by atoms with Crippen molar-refractivity contribution in [3.05, 3.63) is 42.2 Å². The van der Waals surface area contributed by atoms with E-state index >= 15 is 0 Å². The van der Waals surface area contributed by atoms with E-state index in [1.54, 1.807) is 7.11 Å². The van der Waals surface area contributed by atoms with E-state index in [0.717, 1.165) is 49.6 Å². The van der Waals surface area contributed by atoms with Crippen molar-refractivity contribution in [2.45, 2.75) is 25.9 Å². The Kier molecular flexibility index (Phi) is 5.53. The van der Waals surface area contributed by atoms with Gasteiger partial charge in [0.15, 0.2) is 0 Å². The lowest BCUT2D eigenvalue weighted by Crippen LogP contribution is -2.65. The van der Waals surface area contributed by atoms with Crippen LogP contribution in [0.1, 0.15) is 18.9 Å². The highest BCUT2D eigenvalue weighted by Gasteiger charge is 2.44. The lowest BCUT2D eigenvalue weighted by Gasteiger charge is -2.53. The van der Waals surface area contributed by atoms with Crippen molar-refractivity contribution in [2.75, 3.05) is 33.3 Å². The van der Waals surface area contributed by atoms with Gasteiger partial charge in [-0.05, 0) is 18.6 Å². The van der Waals surface area contributed by atoms with Crippen LogP contribution in [0.5, 0.6) is 5.75 Å². The molecule has 2 fully saturated rings. The number of methoxy groups -OCH3 is 1. The summed E-state index contributed by atoms with van der Waals surface area (Å²) in [4.78, 5) is 27.6. The average molecular weight is 397 g/mol. The molecule has 3 heterocycles. The van der Waals surface area contributed by atoms with E-state index in [4.69, 9.17) is 4.74 Å². The van der Waals surface area contributed by atoms with E-state index in [2.05, 4.69) is 15.3 Å². The van der Waals surface area contributed by atoms with Gasteiger partial charge < -0.3 is 15.0 Å². The summed E-state index contributed by atoms with van der Waals surface area (Å²) in [5.41, 5.74) is 2.08. The molecule has 0 bridgehead atoms. The normalized spacial score (nSPS) is 21.2. The van der Waals surface area contributed by atoms with E-state index in [1.165, 1.54) is 6.92 Å². The smallest absolute Gasteiger partial charge is 0.242 e. The number of ether oxygens (including phenoxy) is 1. The summed E-state index contributed by atoms with van der Waals surface area (Å²) >= 11 is 0. The molecule has 2 aliphatic rings. The van der Waals surface area contributed by atoms with Crippen LogP contribution in [0.15, 0.2) is 36.7 Å². The van der Waals surface area contributed by atoms with Crippen LogP contribution in [0.3, 0.4) is 0 Å². The largest absolute Gasteiger partial charge is 0.494 e. The molecular formula is C21H27N5O3. The maximum atomic E-state index is 12.2. The number of carbonyl (C=O) groups is 2. The summed E-state index contributed by atoms with van der Waals surface area (Å²) in [5, 5.41) is 7.10. The van der Waals surface area contributed by atoms with Crippen LogP contribution in [-0.2, 0) is 16.1 Å². The van der Waals surface area contributed by atoms with Gasteiger partial charge in [-0.25, -0.2) is 4.68 Å². The molecule has 154 valence electrons. The number of benzene rings is 1. The third-order valence-electron chi connectivity index (χ3n) is 5.79. The number of nitrogens with zero attached hydrogens (tertiary/aromatic N) is 4. The predicted molar refractivity (Wildman–Crippen MR) is 108 cm³/mol. The Morgan fingerprint density at radius 2 is 2.10 bits per heavy atom. The van der Waals surface area contributed by atoms with Crippen molar-refractivity contribution in [1.82, 2.24) is 24.9 Å². The van der Waals surface area contributed by atoms with Crippen LogP contribution in [0.25, 0.3) is 5.69 Å². The predicted octanol–water partition coefficient (Wildman–Crippen LogP) is 1.05. The molecule has 4 rings (SSSR count). The second-order valence-electron chi connectivity index (χ2n) is 7.77. The topological polar surface area (TPSA) is 79.7 Å². The van der Waals surface area contributed by atoms with Gasteiger partial charge in [0.2, 0.25) is 11.8 Å². The zero-order chi connectivity index (χ0) is 20.4. The summed E-state index contributed by atoms with van der Waals surface area (Å²) in [6.07, 6.45) is 4.92. The van der Waals surface area contributed by atoms with Crippen molar-refractivity contribution in [1.29, 1.82) is 0 Å². The number of likely N-dealkylation sites (tertiary alicyclic amines) is 2. The summed E-state index contributed by atoms with van der Waals surface area (Å²) < 4.78 is 7.28. The molecule has 0 unspecified atom stereocenters. The minimum Gasteiger partial charge on any atom is -0.494 e. The molecule has 2 saturated heterocycles. The Morgan fingerprint density at radius 1 is 1.28 bits per heavy atom. The monoisotopic (exact) mass is 397 g/mol. The van der Waals surface area contributed by atoms with E-state index in [1.807, 2.05) is 46.2 Å². The first kappa shape index (κ1) is 19.4. The van der Waals surface area contributed by atoms with Gasteiger partial charge in [0, 0.05) is 56.8 Å². The summed E-state index contributed by atoms with van der Waals surface area (Å²) in [6, 6.07) is 8.14. The molecule has 0 aliphatic carbocycles. The first-order valence-electron chi connectivity index (χ1n) is 9.98. The molecule has 0 radical (unpaired) electrons. The summed E-state index contributed by atoms with van der Waals surface area (Å²) in [7, 11) is 1.66. The number of carbonyl (C=O) groups excluding carboxylic acids is 2. The summed E-state index contributed by atoms with van der Waals surface area (Å²) in [6.45, 7) is 5.09. The fourth-order valence-electron chi connectivity index (χ4n) is 4.32. The van der Waals surface area contributed by atoms with Crippen LogP contribution in [0, 0.1) is 5.92 Å². The fraction of sp³-hybridized carbons (Fsp3) is 0.476. The third kappa shape index (κ3) is 4.12. The number of hydrogen-bond donors (Lipinski definition) is 1. The maximum Gasteiger partial charge on any atom is 0.242 e. The Balaban J connectivity index is 1.31. The second-order valence-corrected chi connectivity index (χ2v) is 7.77. The Labute approximate surface area is 170 Å². The Bertz CT molecular complexity index is 896. The van der Waals surface area contributed by atoms with Crippen molar-refractivity contribution in [3.8, 4) is 11.4 Å². The van der Waals surface area contributed by atoms with Gasteiger partial charge in [0.25, 0.3) is 0 Å². The van der Waals surface area contributed by atoms with E-state index in [-0.39, 0.29) is 18.4 Å². The van der Waals surface area contributed by atoms with Crippen molar-refractivity contribution < 1.29 is 14.3 Å². The number of nitrogens with one attached hydrogen (secondary N) is 1. The van der Waals surface area contributed by atoms with Crippen molar-refractivity contribution >= 4 is 11.8 Å². The van der Waals surface area contributed by atoms with Crippen LogP contribution in [-0.4, -0.2) is 70.7 Å². The van der Waals surface area contributed by atoms with Gasteiger partial charge in [-0.2, -0.15) is 5.10 Å². The van der Waals surface area contributed by atoms with E-state index in [9.17, 15) is 9.59 Å². The highest BCUT2D eigenvalue weighted by atomic mass is 16.5. The molecule has 1 N–H and O–H groups in total. The van der Waals surface area contributed by atoms with Crippen LogP contribution in [0.4, 0.5) is 0 Å². The molecule has 8 nitrogen and oxygen atoms in total. The van der Waals surface area contributed by atoms with E-state index in [0.29, 0.717) is 12.0 Å². The van der Waals surface area contributed by atoms with Gasteiger partial charge in [0.1, 0.15) is 11.4 Å². The van der Waals surface area contributed by atoms with Crippen LogP contribution >= 0.6 is 0 Å². The molecule has 2 atom stereocenters. The number of hydrogen-bond acceptors (Lipinski definition) is 5. The Morgan fingerprint density at radius 3 is 2.86 bits per heavy atom. The van der Waals surface area contributed by atoms with Gasteiger partial charge in [0.05, 0.1) is 19.9 Å². The van der Waals surface area contributed by atoms with Crippen molar-refractivity contribution in [2.24, 2.45) is 5.92 Å². The number of piperidine rings is 1. The number of amides is 2. The first-order valence-corrected chi connectivity index (χ1v) is 9.98. The quantitative estimate of drug-likeness (QED) is 0.788. The fourth-order valence-corrected chi connectivity index (χ4v) is 4.32. The minimum atomic E-state index is -0.168. The average Bonchev–Trinajstić information content (AvgIpc) is 3.16. The zero-order valence-electron chi connectivity index (χ0n) is 16.9. The highest BCUT2D eigenvalue weighted by Crippen LogP contribution is 2.33. The molecule has 8 heteroatoms. The standard InChI is InChI=1S/C21H27N5O3/c1-15(27)22-10-21(28)25-14-17-13-24(8-7-18(17)25)11-16-9-23-26(12-16)19-5-3-4-6-20(19)29-2/h3-6,9,12,17-18H,7-8,10-11,13-14H2,1-2H3,(H,22,27)/t17-,18-/m0/s1. The summed E-state index contributed by atoms with van der Waals surface area (Å²) in [5.74, 6) is 1.16. The van der Waals surface area contributed by atoms with Gasteiger partial charge in [-0.15, -0.1) is 0 Å². The molecule has 1 aromatic heterocycles. The van der Waals surface area contributed by atoms with Gasteiger partial charge >= 0.3 is 0 Å². The lowest BCUT2D eigenvalue weighted by molar-refractivity contribution is -0.148. The first-order chi connectivity index (χ1) is 14.0. The highest BCUT2D eigenvalue weighted by molar-refractivity contribution is 5.84. The SMILES string of the molecule is COc1ccccc1-n1cc(CN2CC[C@H]3[C@@H](C2)CN3C(=O)CNC(C)=O)cn1. The molecule has 2 aromatic rings. The number of aromatic nitrogens is 2. The second kappa shape index (κ2) is 8.24. The van der Waals surface area contributed by atoms with Gasteiger partial charge in [-0.1, -0.05) is 12.1 Å². The molecular weight excluding hydrogens is 370 g/mol. The van der Waals surface area contributed by atoms with Crippen LogP contribution < -0.4 is 10.1 Å². The number of fused-ring (bicyclic) bond motifs is 1. The van der Waals surface area contributed by atoms with Crippen LogP contribution in [0.2, 0.25) is 0 Å². The number of rotatable bonds is 6. The van der Waals surface area contributed by atoms with Gasteiger partial charge in [-0.3, -0.25) is 14.5 Å². The zero-order valence-corrected chi connectivity index (χ0v) is 16.9. The lowest BCUT2D eigenvalue weighted by atomic mass is 9.82. The van der Waals surface area contributed by atoms with Crippen molar-refractivity contribution in [3.63, 3.8) is 0 Å². The Hall–Kier alpha value is -2.87. The molecule has 0 spiro atoms. The van der Waals surface area contributed by atoms with E-state index < -0.39 is 0 Å². The molecule has 0 saturated carbocycles. The molecule has 29 heavy (non-hydrogen) atoms. The third-order valence-corrected chi connectivity index (χ3v) is 5.79. The molecule has 1 aromatic carbocycles.